The van der Waals surface area contributed by atoms with E-state index in [1.807, 2.05) is 153 Å². The molecule has 0 unspecified atom stereocenters. The number of hydrogen-bond donors (Lipinski definition) is 0. The average molecular weight is 1640 g/mol. The van der Waals surface area contributed by atoms with Crippen molar-refractivity contribution in [3.8, 4) is 67.5 Å². The van der Waals surface area contributed by atoms with Crippen LogP contribution in [-0.4, -0.2) is 59.8 Å². The van der Waals surface area contributed by atoms with Crippen LogP contribution < -0.4 is 0 Å². The maximum absolute atomic E-state index is 7.67. The maximum atomic E-state index is 7.67. The van der Waals surface area contributed by atoms with E-state index in [9.17, 15) is 0 Å². The zero-order valence-electron chi connectivity index (χ0n) is 80.6. The second kappa shape index (κ2) is 39.1. The lowest BCUT2D eigenvalue weighted by Gasteiger charge is -2.20. The van der Waals surface area contributed by atoms with Crippen LogP contribution in [-0.2, 0) is 5.41 Å². The summed E-state index contributed by atoms with van der Waals surface area (Å²) in [6.07, 6.45) is 0. The Hall–Kier alpha value is -13.8. The van der Waals surface area contributed by atoms with Crippen molar-refractivity contribution >= 4 is 76.6 Å². The first-order chi connectivity index (χ1) is 62.6. The van der Waals surface area contributed by atoms with Gasteiger partial charge in [0.1, 0.15) is 17.5 Å². The molecule has 0 aliphatic carbocycles. The highest BCUT2D eigenvalue weighted by atomic mass is 14.9. The van der Waals surface area contributed by atoms with Gasteiger partial charge in [0.2, 0.25) is 0 Å². The third-order valence-electron chi connectivity index (χ3n) is 21.8. The van der Waals surface area contributed by atoms with Crippen LogP contribution in [0.1, 0.15) is 196 Å². The molecule has 0 N–H and O–H groups in total. The third-order valence-corrected chi connectivity index (χ3v) is 21.8. The number of aryl methyl sites for hydroxylation is 6. The monoisotopic (exact) mass is 1640 g/mol. The molecule has 12 nitrogen and oxygen atoms in total. The van der Waals surface area contributed by atoms with E-state index in [4.69, 9.17) is 53.1 Å². The van der Waals surface area contributed by atoms with Crippen molar-refractivity contribution in [3.05, 3.63) is 371 Å². The molecule has 19 aromatic rings. The highest BCUT2D eigenvalue weighted by Crippen LogP contribution is 2.38. The van der Waals surface area contributed by atoms with E-state index < -0.39 is 13.7 Å². The molecule has 624 valence electrons. The van der Waals surface area contributed by atoms with Crippen LogP contribution in [0.2, 0.25) is 0 Å². The molecule has 0 aliphatic heterocycles. The molecule has 12 heteroatoms. The Labute approximate surface area is 745 Å². The molecule has 13 aromatic carbocycles. The quantitative estimate of drug-likeness (QED) is 0.113. The van der Waals surface area contributed by atoms with Crippen molar-refractivity contribution in [2.75, 3.05) is 0 Å². The van der Waals surface area contributed by atoms with Crippen LogP contribution in [0.25, 0.3) is 144 Å². The summed E-state index contributed by atoms with van der Waals surface area (Å²) in [5.41, 5.74) is 29.0. The molecule has 125 heavy (non-hydrogen) atoms. The van der Waals surface area contributed by atoms with Crippen molar-refractivity contribution < 1.29 is 8.22 Å². The van der Waals surface area contributed by atoms with Gasteiger partial charge in [0.15, 0.2) is 0 Å². The number of rotatable bonds is 11. The number of fused-ring (bicyclic) bond motifs is 8. The molecule has 0 saturated heterocycles. The highest BCUT2D eigenvalue weighted by molar-refractivity contribution is 6.05. The van der Waals surface area contributed by atoms with Crippen LogP contribution in [0.3, 0.4) is 0 Å². The van der Waals surface area contributed by atoms with Crippen LogP contribution >= 0.6 is 0 Å². The fourth-order valence-electron chi connectivity index (χ4n) is 15.1. The first-order valence-corrected chi connectivity index (χ1v) is 43.2. The zero-order chi connectivity index (χ0) is 93.2. The summed E-state index contributed by atoms with van der Waals surface area (Å²) in [6, 6.07) is 101. The molecule has 0 atom stereocenters. The summed E-state index contributed by atoms with van der Waals surface area (Å²) in [5, 5.41) is 5.06. The number of para-hydroxylation sites is 3. The Bertz CT molecular complexity index is 6960. The number of nitrogens with zero attached hydrogens (tertiary/aromatic N) is 12. The Morgan fingerprint density at radius 1 is 0.240 bits per heavy atom. The molecule has 0 fully saturated rings. The molecular formula is C113H112N12. The van der Waals surface area contributed by atoms with Gasteiger partial charge in [-0.3, -0.25) is 0 Å². The molecular weight excluding hydrogens is 1530 g/mol. The van der Waals surface area contributed by atoms with Gasteiger partial charge >= 0.3 is 0 Å². The predicted molar refractivity (Wildman–Crippen MR) is 525 cm³/mol. The first-order valence-electron chi connectivity index (χ1n) is 46.2. The second-order valence-electron chi connectivity index (χ2n) is 34.3. The summed E-state index contributed by atoms with van der Waals surface area (Å²) in [6.45, 7) is 31.8. The van der Waals surface area contributed by atoms with Crippen molar-refractivity contribution in [2.45, 2.75) is 166 Å². The Balaban J connectivity index is 0.000000127. The van der Waals surface area contributed by atoms with E-state index >= 15 is 0 Å². The van der Waals surface area contributed by atoms with E-state index in [1.165, 1.54) is 33.0 Å². The largest absolute Gasteiger partial charge is 0.249 e. The lowest BCUT2D eigenvalue weighted by atomic mass is 9.86. The van der Waals surface area contributed by atoms with E-state index in [2.05, 4.69) is 245 Å². The summed E-state index contributed by atoms with van der Waals surface area (Å²) < 4.78 is 45.9. The van der Waals surface area contributed by atoms with Gasteiger partial charge in [-0.25, -0.2) is 59.8 Å². The Kier molecular flexibility index (Phi) is 24.9. The van der Waals surface area contributed by atoms with Crippen molar-refractivity contribution in [2.24, 2.45) is 0 Å². The minimum atomic E-state index is -2.19. The predicted octanol–water partition coefficient (Wildman–Crippen LogP) is 29.7. The Morgan fingerprint density at radius 2 is 0.624 bits per heavy atom. The molecule has 0 saturated carbocycles. The van der Waals surface area contributed by atoms with Crippen LogP contribution in [0.4, 0.5) is 0 Å². The van der Waals surface area contributed by atoms with E-state index in [1.54, 1.807) is 37.3 Å². The molecule has 0 bridgehead atoms. The van der Waals surface area contributed by atoms with Gasteiger partial charge in [-0.2, -0.15) is 0 Å². The molecule has 0 amide bonds. The lowest BCUT2D eigenvalue weighted by Crippen LogP contribution is -2.11. The first kappa shape index (κ1) is 79.6. The molecule has 6 heterocycles. The second-order valence-corrected chi connectivity index (χ2v) is 34.3. The zero-order valence-corrected chi connectivity index (χ0v) is 74.6. The summed E-state index contributed by atoms with van der Waals surface area (Å²) in [7, 11) is 0. The number of hydrogen-bond acceptors (Lipinski definition) is 12. The Morgan fingerprint density at radius 3 is 1.06 bits per heavy atom. The molecule has 19 rings (SSSR count). The summed E-state index contributed by atoms with van der Waals surface area (Å²) >= 11 is 0. The van der Waals surface area contributed by atoms with Gasteiger partial charge in [-0.05, 0) is 135 Å². The fraction of sp³-hybridized carbons (Fsp3) is 0.221. The van der Waals surface area contributed by atoms with Gasteiger partial charge in [-0.1, -0.05) is 362 Å². The van der Waals surface area contributed by atoms with Gasteiger partial charge in [0, 0.05) is 75.0 Å². The van der Waals surface area contributed by atoms with Gasteiger partial charge in [0.05, 0.1) is 101 Å². The molecule has 6 aromatic heterocycles. The van der Waals surface area contributed by atoms with Gasteiger partial charge < -0.3 is 0 Å². The molecule has 0 radical (unpaired) electrons. The maximum Gasteiger partial charge on any atom is 0.132 e. The van der Waals surface area contributed by atoms with E-state index in [0.717, 1.165) is 157 Å². The van der Waals surface area contributed by atoms with Gasteiger partial charge in [-0.15, -0.1) is 0 Å². The third kappa shape index (κ3) is 20.6. The van der Waals surface area contributed by atoms with Crippen molar-refractivity contribution in [1.82, 2.24) is 59.8 Å². The normalized spacial score (nSPS) is 12.3. The summed E-state index contributed by atoms with van der Waals surface area (Å²) in [4.78, 5) is 57.3. The van der Waals surface area contributed by atoms with Crippen molar-refractivity contribution in [3.63, 3.8) is 0 Å². The van der Waals surface area contributed by atoms with Crippen LogP contribution in [0, 0.1) is 41.4 Å². The minimum absolute atomic E-state index is 0.110. The lowest BCUT2D eigenvalue weighted by molar-refractivity contribution is 0.591. The minimum Gasteiger partial charge on any atom is -0.249 e. The summed E-state index contributed by atoms with van der Waals surface area (Å²) in [5.74, 6) is 3.76. The van der Waals surface area contributed by atoms with Gasteiger partial charge in [0.25, 0.3) is 0 Å². The number of aromatic nitrogens is 12. The standard InChI is InChI=1S/C22H20N2.C21H24N2.3C18H18N2.C16H14N2/c1-14(2)20-21(16-7-5-4-6-8-16)23-19-12-10-17-13-15(3)9-11-18(17)22(19)24-20;1-14(2)20-22-18-12-11-16(21(3,4)5)13-17(18)19(23-20)15-9-7-6-8-10-15;2*1-12(2)16-18(14-9-5-4-6-10-14)20-17-13(3)8-7-11-15(17)19-16;1-12(2)18-19-16-10-9-13(3)11-15(16)17(20-18)14-7-5-4-6-8-14;1-11-7-6-10-14-15(11)17-12(2)18-16(14)13-8-4-3-5-9-13/h4-14H,1-3H3;6-14H,1-5H3;3*4-12H,1-3H3;3-10H,1-2H3/i;;;;3D3;1D3. The van der Waals surface area contributed by atoms with E-state index in [-0.39, 0.29) is 16.9 Å². The fourth-order valence-corrected chi connectivity index (χ4v) is 15.1. The molecule has 0 aliphatic rings. The van der Waals surface area contributed by atoms with Crippen LogP contribution in [0.15, 0.2) is 303 Å². The highest BCUT2D eigenvalue weighted by Gasteiger charge is 2.22. The molecule has 0 spiro atoms. The number of benzene rings is 13. The average Bonchev–Trinajstić information content (AvgIpc) is 0.775. The smallest absolute Gasteiger partial charge is 0.132 e. The van der Waals surface area contributed by atoms with E-state index in [0.29, 0.717) is 40.6 Å². The van der Waals surface area contributed by atoms with Crippen LogP contribution in [0.5, 0.6) is 0 Å². The van der Waals surface area contributed by atoms with Crippen molar-refractivity contribution in [1.29, 1.82) is 0 Å². The SMILES string of the molecule is CC(C)c1nc(-c2ccccc2)c2cc(C(C)(C)C)ccc2n1.Cc1ccc2c(ccc3nc(-c4ccccc4)c(C(C)C)nc32)c1.Cc1cccc2nc(C(C)C)c(-c3ccccc3)nc12.Cc1cccc2nc(C(C)C)c(-c3ccccc3)nc12.[2H]C([2H])([2H])c1ccc2nc(C(C)C)nc(-c3ccccc3)c2c1.[2H]C([2H])([2H])c1cccc2c(-c3ccccc3)nc(C)nc12. The topological polar surface area (TPSA) is 155 Å².